The Bertz CT molecular complexity index is 405. The number of benzene rings is 1. The maximum atomic E-state index is 13.1. The fourth-order valence-electron chi connectivity index (χ4n) is 1.59. The number of thioether (sulfide) groups is 1. The molecule has 16 heavy (non-hydrogen) atoms. The van der Waals surface area contributed by atoms with Crippen LogP contribution in [0, 0.1) is 5.82 Å². The van der Waals surface area contributed by atoms with Gasteiger partial charge in [-0.3, -0.25) is 4.79 Å². The molecule has 1 saturated heterocycles. The van der Waals surface area contributed by atoms with Gasteiger partial charge in [0.05, 0.1) is 5.69 Å². The summed E-state index contributed by atoms with van der Waals surface area (Å²) in [6.45, 7) is 0. The fraction of sp³-hybridized carbons (Fsp3) is 0.364. The summed E-state index contributed by atoms with van der Waals surface area (Å²) in [6.07, 6.45) is 0.980. The van der Waals surface area contributed by atoms with Crippen molar-refractivity contribution in [2.24, 2.45) is 0 Å². The molecule has 0 radical (unpaired) electrons. The van der Waals surface area contributed by atoms with Gasteiger partial charge < -0.3 is 11.1 Å². The molecule has 1 unspecified atom stereocenters. The number of hydrogen-bond donors (Lipinski definition) is 2. The summed E-state index contributed by atoms with van der Waals surface area (Å²) in [5.41, 5.74) is 5.73. The Hall–Kier alpha value is -1.23. The van der Waals surface area contributed by atoms with Crippen LogP contribution in [0.3, 0.4) is 0 Å². The normalized spacial score (nSPS) is 19.7. The van der Waals surface area contributed by atoms with Crippen LogP contribution in [0.2, 0.25) is 0 Å². The van der Waals surface area contributed by atoms with Crippen LogP contribution in [-0.4, -0.2) is 23.5 Å². The van der Waals surface area contributed by atoms with E-state index in [9.17, 15) is 9.18 Å². The molecule has 0 saturated carbocycles. The molecular weight excluding hydrogens is 227 g/mol. The average Bonchev–Trinajstić information content (AvgIpc) is 2.74. The minimum Gasteiger partial charge on any atom is -0.396 e. The maximum Gasteiger partial charge on any atom is 0.251 e. The predicted octanol–water partition coefficient (Wildman–Crippen LogP) is 1.64. The molecule has 5 heteroatoms. The highest BCUT2D eigenvalue weighted by atomic mass is 32.2. The zero-order valence-corrected chi connectivity index (χ0v) is 9.52. The number of anilines is 1. The van der Waals surface area contributed by atoms with Gasteiger partial charge in [0.1, 0.15) is 5.82 Å². The summed E-state index contributed by atoms with van der Waals surface area (Å²) in [4.78, 5) is 11.7. The van der Waals surface area contributed by atoms with E-state index in [1.165, 1.54) is 18.2 Å². The molecule has 1 atom stereocenters. The number of carbonyl (C=O) groups excluding carboxylic acids is 1. The number of nitrogens with one attached hydrogen (secondary N) is 1. The number of carbonyl (C=O) groups is 1. The third-order valence-electron chi connectivity index (χ3n) is 2.53. The van der Waals surface area contributed by atoms with Crippen molar-refractivity contribution in [1.82, 2.24) is 5.32 Å². The van der Waals surface area contributed by atoms with Crippen LogP contribution in [0.5, 0.6) is 0 Å². The first-order valence-corrected chi connectivity index (χ1v) is 6.26. The lowest BCUT2D eigenvalue weighted by atomic mass is 10.1. The Kier molecular flexibility index (Phi) is 3.33. The van der Waals surface area contributed by atoms with E-state index in [0.717, 1.165) is 17.9 Å². The Morgan fingerprint density at radius 3 is 3.00 bits per heavy atom. The monoisotopic (exact) mass is 240 g/mol. The van der Waals surface area contributed by atoms with E-state index < -0.39 is 5.82 Å². The number of halogens is 1. The smallest absolute Gasteiger partial charge is 0.251 e. The number of amides is 1. The summed E-state index contributed by atoms with van der Waals surface area (Å²) in [5, 5.41) is 2.87. The summed E-state index contributed by atoms with van der Waals surface area (Å²) >= 11 is 1.82. The second-order valence-electron chi connectivity index (χ2n) is 3.77. The molecular formula is C11H13FN2OS. The van der Waals surface area contributed by atoms with Gasteiger partial charge in [-0.05, 0) is 30.4 Å². The van der Waals surface area contributed by atoms with Crippen molar-refractivity contribution in [3.63, 3.8) is 0 Å². The minimum absolute atomic E-state index is 0.0629. The first kappa shape index (κ1) is 11.3. The van der Waals surface area contributed by atoms with E-state index in [1.807, 2.05) is 11.8 Å². The molecule has 1 aromatic rings. The Balaban J connectivity index is 2.05. The second kappa shape index (κ2) is 4.74. The van der Waals surface area contributed by atoms with Crippen molar-refractivity contribution in [3.8, 4) is 0 Å². The van der Waals surface area contributed by atoms with E-state index in [-0.39, 0.29) is 17.6 Å². The number of nitrogens with two attached hydrogens (primary N) is 1. The largest absolute Gasteiger partial charge is 0.396 e. The summed E-state index contributed by atoms with van der Waals surface area (Å²) in [6, 6.07) is 4.33. The minimum atomic E-state index is -0.548. The van der Waals surface area contributed by atoms with Crippen molar-refractivity contribution >= 4 is 23.4 Å². The predicted molar refractivity (Wildman–Crippen MR) is 64.0 cm³/mol. The van der Waals surface area contributed by atoms with Gasteiger partial charge >= 0.3 is 0 Å². The Labute approximate surface area is 97.6 Å². The molecule has 1 fully saturated rings. The SMILES string of the molecule is Nc1ccc(C(=O)NC2CCSC2)cc1F. The second-order valence-corrected chi connectivity index (χ2v) is 4.92. The highest BCUT2D eigenvalue weighted by Gasteiger charge is 2.18. The Morgan fingerprint density at radius 1 is 1.56 bits per heavy atom. The lowest BCUT2D eigenvalue weighted by molar-refractivity contribution is 0.0940. The molecule has 1 aliphatic rings. The van der Waals surface area contributed by atoms with Gasteiger partial charge in [0.2, 0.25) is 0 Å². The van der Waals surface area contributed by atoms with Gasteiger partial charge in [0, 0.05) is 17.4 Å². The van der Waals surface area contributed by atoms with E-state index in [2.05, 4.69) is 5.32 Å². The molecule has 1 amide bonds. The molecule has 3 nitrogen and oxygen atoms in total. The first-order valence-electron chi connectivity index (χ1n) is 5.10. The lowest BCUT2D eigenvalue weighted by Gasteiger charge is -2.11. The van der Waals surface area contributed by atoms with Gasteiger partial charge in [-0.2, -0.15) is 11.8 Å². The molecule has 3 N–H and O–H groups in total. The van der Waals surface area contributed by atoms with Crippen LogP contribution in [0.1, 0.15) is 16.8 Å². The standard InChI is InChI=1S/C11H13FN2OS/c12-9-5-7(1-2-10(9)13)11(15)14-8-3-4-16-6-8/h1-2,5,8H,3-4,6,13H2,(H,14,15). The summed E-state index contributed by atoms with van der Waals surface area (Å²) in [5.74, 6) is 1.23. The lowest BCUT2D eigenvalue weighted by Crippen LogP contribution is -2.34. The van der Waals surface area contributed by atoms with E-state index in [4.69, 9.17) is 5.73 Å². The topological polar surface area (TPSA) is 55.1 Å². The molecule has 0 bridgehead atoms. The maximum absolute atomic E-state index is 13.1. The molecule has 2 rings (SSSR count). The van der Waals surface area contributed by atoms with Crippen LogP contribution in [0.4, 0.5) is 10.1 Å². The molecule has 1 heterocycles. The molecule has 0 aliphatic carbocycles. The van der Waals surface area contributed by atoms with Crippen LogP contribution >= 0.6 is 11.8 Å². The van der Waals surface area contributed by atoms with Crippen molar-refractivity contribution in [2.75, 3.05) is 17.2 Å². The van der Waals surface area contributed by atoms with Crippen LogP contribution in [0.25, 0.3) is 0 Å². The first-order chi connectivity index (χ1) is 7.66. The average molecular weight is 240 g/mol. The van der Waals surface area contributed by atoms with Crippen molar-refractivity contribution in [2.45, 2.75) is 12.5 Å². The molecule has 1 aliphatic heterocycles. The van der Waals surface area contributed by atoms with E-state index in [1.54, 1.807) is 0 Å². The quantitative estimate of drug-likeness (QED) is 0.773. The van der Waals surface area contributed by atoms with Crippen LogP contribution in [0.15, 0.2) is 18.2 Å². The highest BCUT2D eigenvalue weighted by molar-refractivity contribution is 7.99. The number of nitrogen functional groups attached to an aromatic ring is 1. The van der Waals surface area contributed by atoms with E-state index >= 15 is 0 Å². The Morgan fingerprint density at radius 2 is 2.38 bits per heavy atom. The summed E-state index contributed by atoms with van der Waals surface area (Å²) < 4.78 is 13.1. The molecule has 0 aromatic heterocycles. The number of rotatable bonds is 2. The van der Waals surface area contributed by atoms with Gasteiger partial charge in [0.25, 0.3) is 5.91 Å². The molecule has 0 spiro atoms. The van der Waals surface area contributed by atoms with Crippen molar-refractivity contribution in [3.05, 3.63) is 29.6 Å². The number of hydrogen-bond acceptors (Lipinski definition) is 3. The van der Waals surface area contributed by atoms with Crippen molar-refractivity contribution in [1.29, 1.82) is 0 Å². The van der Waals surface area contributed by atoms with Gasteiger partial charge in [-0.1, -0.05) is 0 Å². The summed E-state index contributed by atoms with van der Waals surface area (Å²) in [7, 11) is 0. The van der Waals surface area contributed by atoms with Gasteiger partial charge in [0.15, 0.2) is 0 Å². The zero-order valence-electron chi connectivity index (χ0n) is 8.70. The van der Waals surface area contributed by atoms with Crippen molar-refractivity contribution < 1.29 is 9.18 Å². The van der Waals surface area contributed by atoms with Crippen LogP contribution < -0.4 is 11.1 Å². The van der Waals surface area contributed by atoms with Gasteiger partial charge in [-0.25, -0.2) is 4.39 Å². The van der Waals surface area contributed by atoms with Gasteiger partial charge in [-0.15, -0.1) is 0 Å². The zero-order chi connectivity index (χ0) is 11.5. The third kappa shape index (κ3) is 2.47. The fourth-order valence-corrected chi connectivity index (χ4v) is 2.74. The molecule has 1 aromatic carbocycles. The van der Waals surface area contributed by atoms with Crippen LogP contribution in [-0.2, 0) is 0 Å². The third-order valence-corrected chi connectivity index (χ3v) is 3.69. The van der Waals surface area contributed by atoms with E-state index in [0.29, 0.717) is 5.56 Å². The highest BCUT2D eigenvalue weighted by Crippen LogP contribution is 2.18. The molecule has 86 valence electrons.